The molecule has 2 heterocycles. The molecule has 2 aliphatic rings. The molecule has 3 rings (SSSR count). The fraction of sp³-hybridized carbons (Fsp3) is 0.526. The number of hydrogen-bond acceptors (Lipinski definition) is 10. The number of nitroso groups, excluding NO2 is 2. The van der Waals surface area contributed by atoms with Gasteiger partial charge in [0.2, 0.25) is 0 Å². The number of carbonyl (C=O) groups is 1. The van der Waals surface area contributed by atoms with Gasteiger partial charge in [-0.05, 0) is 35.0 Å². The van der Waals surface area contributed by atoms with E-state index in [0.29, 0.717) is 19.3 Å². The predicted molar refractivity (Wildman–Crippen MR) is 101 cm³/mol. The molecule has 0 aliphatic carbocycles. The summed E-state index contributed by atoms with van der Waals surface area (Å²) in [6.07, 6.45) is -0.409. The van der Waals surface area contributed by atoms with E-state index in [4.69, 9.17) is 14.2 Å². The third kappa shape index (κ3) is 4.91. The van der Waals surface area contributed by atoms with Gasteiger partial charge in [-0.3, -0.25) is 0 Å². The number of aliphatic hydroxyl groups excluding tert-OH is 2. The van der Waals surface area contributed by atoms with Crippen molar-refractivity contribution in [2.75, 3.05) is 6.61 Å². The van der Waals surface area contributed by atoms with Crippen LogP contribution in [0.5, 0.6) is 0 Å². The highest BCUT2D eigenvalue weighted by Gasteiger charge is 2.46. The summed E-state index contributed by atoms with van der Waals surface area (Å²) >= 11 is 0. The zero-order chi connectivity index (χ0) is 21.0. The Hall–Kier alpha value is -2.53. The normalized spacial score (nSPS) is 29.5. The SMILES string of the molecule is C=CCC1OC2CC(C(O)COC(=O)c3cc(N=O)cc(N=O)c3)OC2CC1O. The van der Waals surface area contributed by atoms with Crippen LogP contribution >= 0.6 is 0 Å². The molecule has 0 spiro atoms. The van der Waals surface area contributed by atoms with E-state index in [0.717, 1.165) is 18.2 Å². The molecular weight excluding hydrogens is 384 g/mol. The molecule has 1 aromatic rings. The van der Waals surface area contributed by atoms with E-state index >= 15 is 0 Å². The third-order valence-electron chi connectivity index (χ3n) is 5.04. The Morgan fingerprint density at radius 2 is 1.86 bits per heavy atom. The highest BCUT2D eigenvalue weighted by Crippen LogP contribution is 2.35. The first-order valence-electron chi connectivity index (χ1n) is 9.22. The van der Waals surface area contributed by atoms with Crippen molar-refractivity contribution in [2.45, 2.75) is 55.9 Å². The number of aliphatic hydroxyl groups is 2. The van der Waals surface area contributed by atoms with E-state index in [1.54, 1.807) is 6.08 Å². The molecule has 6 unspecified atom stereocenters. The number of benzene rings is 1. The minimum absolute atomic E-state index is 0.0800. The minimum atomic E-state index is -1.11. The Balaban J connectivity index is 1.56. The molecule has 0 radical (unpaired) electrons. The second kappa shape index (κ2) is 9.31. The summed E-state index contributed by atoms with van der Waals surface area (Å²) in [5, 5.41) is 25.8. The molecule has 10 nitrogen and oxygen atoms in total. The van der Waals surface area contributed by atoms with Gasteiger partial charge in [0.05, 0.1) is 36.1 Å². The molecule has 10 heteroatoms. The number of fused-ring (bicyclic) bond motifs is 1. The molecule has 29 heavy (non-hydrogen) atoms. The smallest absolute Gasteiger partial charge is 0.338 e. The van der Waals surface area contributed by atoms with Crippen molar-refractivity contribution in [3.05, 3.63) is 46.2 Å². The highest BCUT2D eigenvalue weighted by molar-refractivity contribution is 5.91. The average molecular weight is 406 g/mol. The number of nitrogens with zero attached hydrogens (tertiary/aromatic N) is 2. The summed E-state index contributed by atoms with van der Waals surface area (Å²) in [7, 11) is 0. The van der Waals surface area contributed by atoms with Gasteiger partial charge in [-0.25, -0.2) is 4.79 Å². The minimum Gasteiger partial charge on any atom is -0.459 e. The number of esters is 1. The van der Waals surface area contributed by atoms with Crippen molar-refractivity contribution in [2.24, 2.45) is 10.4 Å². The highest BCUT2D eigenvalue weighted by atomic mass is 16.6. The lowest BCUT2D eigenvalue weighted by molar-refractivity contribution is -0.156. The molecule has 2 saturated heterocycles. The van der Waals surface area contributed by atoms with Crippen LogP contribution in [0.1, 0.15) is 29.6 Å². The Bertz CT molecular complexity index is 759. The molecular formula is C19H22N2O8. The number of rotatable bonds is 8. The van der Waals surface area contributed by atoms with Crippen molar-refractivity contribution in [1.82, 2.24) is 0 Å². The van der Waals surface area contributed by atoms with Gasteiger partial charge < -0.3 is 24.4 Å². The van der Waals surface area contributed by atoms with E-state index in [1.165, 1.54) is 0 Å². The summed E-state index contributed by atoms with van der Waals surface area (Å²) < 4.78 is 16.7. The zero-order valence-electron chi connectivity index (χ0n) is 15.5. The van der Waals surface area contributed by atoms with Gasteiger partial charge in [0.1, 0.15) is 24.1 Å². The van der Waals surface area contributed by atoms with Crippen molar-refractivity contribution >= 4 is 17.3 Å². The number of hydrogen-bond donors (Lipinski definition) is 2. The monoisotopic (exact) mass is 406 g/mol. The molecule has 6 atom stereocenters. The summed E-state index contributed by atoms with van der Waals surface area (Å²) in [5.74, 6) is -0.840. The van der Waals surface area contributed by atoms with Crippen LogP contribution in [0, 0.1) is 9.81 Å². The van der Waals surface area contributed by atoms with Crippen LogP contribution in [0.4, 0.5) is 11.4 Å². The summed E-state index contributed by atoms with van der Waals surface area (Å²) in [6, 6.07) is 3.45. The average Bonchev–Trinajstić information content (AvgIpc) is 3.14. The fourth-order valence-corrected chi connectivity index (χ4v) is 3.60. The summed E-state index contributed by atoms with van der Waals surface area (Å²) in [4.78, 5) is 33.5. The van der Waals surface area contributed by atoms with Crippen molar-refractivity contribution < 1.29 is 29.2 Å². The third-order valence-corrected chi connectivity index (χ3v) is 5.04. The van der Waals surface area contributed by atoms with E-state index in [9.17, 15) is 24.8 Å². The lowest BCUT2D eigenvalue weighted by Gasteiger charge is -2.34. The largest absolute Gasteiger partial charge is 0.459 e. The first kappa shape index (κ1) is 21.2. The van der Waals surface area contributed by atoms with Crippen LogP contribution in [0.2, 0.25) is 0 Å². The van der Waals surface area contributed by atoms with Crippen molar-refractivity contribution in [1.29, 1.82) is 0 Å². The van der Waals surface area contributed by atoms with E-state index < -0.39 is 24.3 Å². The fourth-order valence-electron chi connectivity index (χ4n) is 3.60. The maximum Gasteiger partial charge on any atom is 0.338 e. The second-order valence-corrected chi connectivity index (χ2v) is 7.08. The second-order valence-electron chi connectivity index (χ2n) is 7.08. The molecule has 2 aliphatic heterocycles. The zero-order valence-corrected chi connectivity index (χ0v) is 15.5. The molecule has 156 valence electrons. The van der Waals surface area contributed by atoms with Crippen LogP contribution in [0.3, 0.4) is 0 Å². The van der Waals surface area contributed by atoms with E-state index in [2.05, 4.69) is 16.9 Å². The van der Waals surface area contributed by atoms with E-state index in [1.807, 2.05) is 0 Å². The molecule has 2 N–H and O–H groups in total. The predicted octanol–water partition coefficient (Wildman–Crippen LogP) is 2.25. The molecule has 0 saturated carbocycles. The van der Waals surface area contributed by atoms with Crippen molar-refractivity contribution in [3.63, 3.8) is 0 Å². The summed E-state index contributed by atoms with van der Waals surface area (Å²) in [6.45, 7) is 3.29. The molecule has 0 amide bonds. The number of ether oxygens (including phenoxy) is 3. The topological polar surface area (TPSA) is 144 Å². The van der Waals surface area contributed by atoms with Crippen LogP contribution in [-0.4, -0.2) is 59.4 Å². The first-order valence-corrected chi connectivity index (χ1v) is 9.22. The van der Waals surface area contributed by atoms with E-state index in [-0.39, 0.29) is 41.9 Å². The maximum absolute atomic E-state index is 12.2. The lowest BCUT2D eigenvalue weighted by Crippen LogP contribution is -2.44. The van der Waals surface area contributed by atoms with Crippen molar-refractivity contribution in [3.8, 4) is 0 Å². The maximum atomic E-state index is 12.2. The van der Waals surface area contributed by atoms with Gasteiger partial charge in [0.15, 0.2) is 0 Å². The summed E-state index contributed by atoms with van der Waals surface area (Å²) in [5.41, 5.74) is -0.353. The van der Waals surface area contributed by atoms with Gasteiger partial charge in [-0.15, -0.1) is 16.4 Å². The Kier molecular flexibility index (Phi) is 6.80. The lowest BCUT2D eigenvalue weighted by atomic mass is 9.95. The van der Waals surface area contributed by atoms with Gasteiger partial charge in [0.25, 0.3) is 0 Å². The van der Waals surface area contributed by atoms with Crippen LogP contribution in [0.25, 0.3) is 0 Å². The van der Waals surface area contributed by atoms with Gasteiger partial charge in [0, 0.05) is 12.8 Å². The van der Waals surface area contributed by atoms with Crippen LogP contribution in [-0.2, 0) is 14.2 Å². The van der Waals surface area contributed by atoms with Crippen LogP contribution < -0.4 is 0 Å². The number of carbonyl (C=O) groups excluding carboxylic acids is 1. The molecule has 0 aromatic heterocycles. The van der Waals surface area contributed by atoms with Crippen LogP contribution in [0.15, 0.2) is 41.2 Å². The van der Waals surface area contributed by atoms with Gasteiger partial charge in [-0.2, -0.15) is 0 Å². The quantitative estimate of drug-likeness (QED) is 0.380. The van der Waals surface area contributed by atoms with Gasteiger partial charge >= 0.3 is 5.97 Å². The molecule has 1 aromatic carbocycles. The first-order chi connectivity index (χ1) is 13.9. The Morgan fingerprint density at radius 3 is 2.48 bits per heavy atom. The molecule has 0 bridgehead atoms. The van der Waals surface area contributed by atoms with Gasteiger partial charge in [-0.1, -0.05) is 6.08 Å². The Labute approximate surface area is 166 Å². The standard InChI is InChI=1S/C19H22N2O8/c1-2-3-15-13(22)7-17-18(28-15)8-16(29-17)14(23)9-27-19(24)10-4-11(20-25)6-12(5-10)21-26/h2,4-6,13-18,22-23H,1,3,7-9H2. The Morgan fingerprint density at radius 1 is 1.21 bits per heavy atom. The molecule has 2 fully saturated rings.